The quantitative estimate of drug-likeness (QED) is 0.394. The average molecular weight is 215 g/mol. The van der Waals surface area contributed by atoms with Crippen molar-refractivity contribution in [3.05, 3.63) is 12.2 Å². The molecule has 2 N–H and O–H groups in total. The highest BCUT2D eigenvalue weighted by atomic mass is 16.6. The molecule has 0 radical (unpaired) electrons. The summed E-state index contributed by atoms with van der Waals surface area (Å²) in [7, 11) is 0. The second kappa shape index (κ2) is 6.19. The molecule has 5 nitrogen and oxygen atoms in total. The SMILES string of the molecule is C=C(C)C(=O)OC(NC(C)=O)C(O)CC. The Kier molecular flexibility index (Phi) is 5.62. The third-order valence-electron chi connectivity index (χ3n) is 1.70. The van der Waals surface area contributed by atoms with Crippen LogP contribution in [0.4, 0.5) is 0 Å². The highest BCUT2D eigenvalue weighted by Gasteiger charge is 2.22. The van der Waals surface area contributed by atoms with Gasteiger partial charge in [-0.05, 0) is 13.3 Å². The number of hydrogen-bond donors (Lipinski definition) is 2. The monoisotopic (exact) mass is 215 g/mol. The number of rotatable bonds is 5. The fourth-order valence-electron chi connectivity index (χ4n) is 0.835. The van der Waals surface area contributed by atoms with Crippen LogP contribution in [0.5, 0.6) is 0 Å². The molecule has 2 atom stereocenters. The normalized spacial score (nSPS) is 13.9. The summed E-state index contributed by atoms with van der Waals surface area (Å²) in [4.78, 5) is 22.0. The van der Waals surface area contributed by atoms with Gasteiger partial charge in [0.25, 0.3) is 0 Å². The van der Waals surface area contributed by atoms with E-state index in [4.69, 9.17) is 4.74 Å². The predicted octanol–water partition coefficient (Wildman–Crippen LogP) is 0.339. The van der Waals surface area contributed by atoms with E-state index < -0.39 is 18.3 Å². The summed E-state index contributed by atoms with van der Waals surface area (Å²) in [5.74, 6) is -1.01. The summed E-state index contributed by atoms with van der Waals surface area (Å²) in [5, 5.41) is 11.8. The van der Waals surface area contributed by atoms with Gasteiger partial charge in [-0.1, -0.05) is 13.5 Å². The minimum atomic E-state index is -1.02. The third-order valence-corrected chi connectivity index (χ3v) is 1.70. The van der Waals surface area contributed by atoms with E-state index in [-0.39, 0.29) is 11.5 Å². The topological polar surface area (TPSA) is 75.6 Å². The Hall–Kier alpha value is -1.36. The Balaban J connectivity index is 4.43. The Morgan fingerprint density at radius 3 is 2.33 bits per heavy atom. The first-order valence-corrected chi connectivity index (χ1v) is 4.70. The zero-order valence-corrected chi connectivity index (χ0v) is 9.24. The molecule has 86 valence electrons. The van der Waals surface area contributed by atoms with E-state index >= 15 is 0 Å². The van der Waals surface area contributed by atoms with Crippen molar-refractivity contribution in [1.82, 2.24) is 5.32 Å². The number of aliphatic hydroxyl groups excluding tert-OH is 1. The van der Waals surface area contributed by atoms with Crippen LogP contribution in [0.15, 0.2) is 12.2 Å². The van der Waals surface area contributed by atoms with Gasteiger partial charge < -0.3 is 15.2 Å². The van der Waals surface area contributed by atoms with Crippen LogP contribution in [0, 0.1) is 0 Å². The lowest BCUT2D eigenvalue weighted by atomic mass is 10.2. The lowest BCUT2D eigenvalue weighted by Crippen LogP contribution is -2.45. The third kappa shape index (κ3) is 5.17. The van der Waals surface area contributed by atoms with Crippen LogP contribution in [0.1, 0.15) is 27.2 Å². The van der Waals surface area contributed by atoms with E-state index in [0.29, 0.717) is 6.42 Å². The predicted molar refractivity (Wildman–Crippen MR) is 54.8 cm³/mol. The number of carbonyl (C=O) groups is 2. The molecule has 0 fully saturated rings. The van der Waals surface area contributed by atoms with Gasteiger partial charge in [-0.25, -0.2) is 4.79 Å². The molecule has 15 heavy (non-hydrogen) atoms. The van der Waals surface area contributed by atoms with Gasteiger partial charge in [0.15, 0.2) is 0 Å². The molecule has 0 saturated heterocycles. The van der Waals surface area contributed by atoms with E-state index in [1.165, 1.54) is 13.8 Å². The van der Waals surface area contributed by atoms with E-state index in [1.54, 1.807) is 6.92 Å². The van der Waals surface area contributed by atoms with Crippen molar-refractivity contribution in [2.45, 2.75) is 39.5 Å². The standard InChI is InChI=1S/C10H17NO4/c1-5-8(13)9(11-7(4)12)15-10(14)6(2)3/h8-9,13H,2,5H2,1,3-4H3,(H,11,12). The molecule has 0 spiro atoms. The molecule has 0 heterocycles. The summed E-state index contributed by atoms with van der Waals surface area (Å²) < 4.78 is 4.86. The first-order chi connectivity index (χ1) is 6.88. The van der Waals surface area contributed by atoms with Crippen LogP contribution < -0.4 is 5.32 Å². The van der Waals surface area contributed by atoms with E-state index in [2.05, 4.69) is 11.9 Å². The van der Waals surface area contributed by atoms with Crippen LogP contribution in [0.3, 0.4) is 0 Å². The van der Waals surface area contributed by atoms with Gasteiger partial charge in [-0.3, -0.25) is 4.79 Å². The van der Waals surface area contributed by atoms with E-state index in [9.17, 15) is 14.7 Å². The minimum absolute atomic E-state index is 0.216. The number of aliphatic hydroxyl groups is 1. The molecule has 0 aromatic carbocycles. The van der Waals surface area contributed by atoms with Crippen molar-refractivity contribution in [2.75, 3.05) is 0 Å². The summed E-state index contributed by atoms with van der Waals surface area (Å²) in [5.41, 5.74) is 0.216. The maximum absolute atomic E-state index is 11.2. The molecule has 0 aliphatic carbocycles. The Bertz CT molecular complexity index is 262. The van der Waals surface area contributed by atoms with E-state index in [0.717, 1.165) is 0 Å². The first-order valence-electron chi connectivity index (χ1n) is 4.70. The van der Waals surface area contributed by atoms with Gasteiger partial charge in [0.2, 0.25) is 12.1 Å². The lowest BCUT2D eigenvalue weighted by Gasteiger charge is -2.22. The maximum Gasteiger partial charge on any atom is 0.335 e. The number of carbonyl (C=O) groups excluding carboxylic acids is 2. The van der Waals surface area contributed by atoms with Gasteiger partial charge in [0.05, 0.1) is 0 Å². The fraction of sp³-hybridized carbons (Fsp3) is 0.600. The number of ether oxygens (including phenoxy) is 1. The van der Waals surface area contributed by atoms with Crippen LogP contribution in [0.25, 0.3) is 0 Å². The van der Waals surface area contributed by atoms with Gasteiger partial charge in [-0.2, -0.15) is 0 Å². The smallest absolute Gasteiger partial charge is 0.335 e. The average Bonchev–Trinajstić information content (AvgIpc) is 2.14. The van der Waals surface area contributed by atoms with Crippen molar-refractivity contribution in [2.24, 2.45) is 0 Å². The molecule has 0 rings (SSSR count). The first kappa shape index (κ1) is 13.6. The molecule has 0 aromatic heterocycles. The molecule has 0 aliphatic heterocycles. The molecule has 5 heteroatoms. The summed E-state index contributed by atoms with van der Waals surface area (Å²) in [6.45, 7) is 7.89. The number of amides is 1. The molecule has 0 saturated carbocycles. The number of esters is 1. The lowest BCUT2D eigenvalue weighted by molar-refractivity contribution is -0.154. The summed E-state index contributed by atoms with van der Waals surface area (Å²) >= 11 is 0. The van der Waals surface area contributed by atoms with Gasteiger partial charge in [0.1, 0.15) is 6.10 Å². The minimum Gasteiger partial charge on any atom is -0.435 e. The molecule has 0 bridgehead atoms. The zero-order valence-electron chi connectivity index (χ0n) is 9.24. The molecular weight excluding hydrogens is 198 g/mol. The zero-order chi connectivity index (χ0) is 12.0. The highest BCUT2D eigenvalue weighted by molar-refractivity contribution is 5.87. The fourth-order valence-corrected chi connectivity index (χ4v) is 0.835. The van der Waals surface area contributed by atoms with Crippen LogP contribution in [-0.2, 0) is 14.3 Å². The largest absolute Gasteiger partial charge is 0.435 e. The highest BCUT2D eigenvalue weighted by Crippen LogP contribution is 2.04. The van der Waals surface area contributed by atoms with Crippen molar-refractivity contribution in [3.8, 4) is 0 Å². The Labute approximate surface area is 89.1 Å². The second-order valence-electron chi connectivity index (χ2n) is 3.28. The van der Waals surface area contributed by atoms with Crippen LogP contribution in [-0.4, -0.2) is 29.3 Å². The van der Waals surface area contributed by atoms with Gasteiger partial charge >= 0.3 is 5.97 Å². The van der Waals surface area contributed by atoms with Crippen molar-refractivity contribution < 1.29 is 19.4 Å². The molecular formula is C10H17NO4. The Morgan fingerprint density at radius 1 is 1.47 bits per heavy atom. The molecule has 0 aromatic rings. The van der Waals surface area contributed by atoms with Crippen molar-refractivity contribution in [1.29, 1.82) is 0 Å². The molecule has 0 aliphatic rings. The number of nitrogens with one attached hydrogen (secondary N) is 1. The van der Waals surface area contributed by atoms with Crippen LogP contribution >= 0.6 is 0 Å². The summed E-state index contributed by atoms with van der Waals surface area (Å²) in [6.07, 6.45) is -1.57. The van der Waals surface area contributed by atoms with Crippen LogP contribution in [0.2, 0.25) is 0 Å². The summed E-state index contributed by atoms with van der Waals surface area (Å²) in [6, 6.07) is 0. The van der Waals surface area contributed by atoms with Gasteiger partial charge in [-0.15, -0.1) is 0 Å². The molecule has 2 unspecified atom stereocenters. The second-order valence-corrected chi connectivity index (χ2v) is 3.28. The Morgan fingerprint density at radius 2 is 2.00 bits per heavy atom. The van der Waals surface area contributed by atoms with E-state index in [1.807, 2.05) is 0 Å². The maximum atomic E-state index is 11.2. The van der Waals surface area contributed by atoms with Crippen molar-refractivity contribution >= 4 is 11.9 Å². The van der Waals surface area contributed by atoms with Crippen molar-refractivity contribution in [3.63, 3.8) is 0 Å². The molecule has 1 amide bonds. The van der Waals surface area contributed by atoms with Gasteiger partial charge in [0, 0.05) is 12.5 Å². The number of hydrogen-bond acceptors (Lipinski definition) is 4.